The van der Waals surface area contributed by atoms with Crippen molar-refractivity contribution >= 4 is 15.9 Å². The summed E-state index contributed by atoms with van der Waals surface area (Å²) in [6.45, 7) is 7.42. The van der Waals surface area contributed by atoms with E-state index in [0.717, 1.165) is 11.0 Å². The van der Waals surface area contributed by atoms with Gasteiger partial charge in [0.15, 0.2) is 0 Å². The lowest BCUT2D eigenvalue weighted by Gasteiger charge is -2.16. The zero-order chi connectivity index (χ0) is 13.8. The topological polar surface area (TPSA) is 12.0 Å². The highest BCUT2D eigenvalue weighted by Gasteiger charge is 2.06. The Kier molecular flexibility index (Phi) is 4.78. The molecule has 0 aromatic heterocycles. The van der Waals surface area contributed by atoms with Gasteiger partial charge in [-0.05, 0) is 49.6 Å². The maximum Gasteiger partial charge on any atom is 0.0294 e. The normalized spacial score (nSPS) is 12.4. The summed E-state index contributed by atoms with van der Waals surface area (Å²) in [7, 11) is 0. The van der Waals surface area contributed by atoms with Gasteiger partial charge in [0.25, 0.3) is 0 Å². The quantitative estimate of drug-likeness (QED) is 0.844. The Balaban J connectivity index is 2.02. The van der Waals surface area contributed by atoms with E-state index < -0.39 is 0 Å². The fourth-order valence-electron chi connectivity index (χ4n) is 2.12. The number of halogens is 1. The first-order valence-corrected chi connectivity index (χ1v) is 7.40. The lowest BCUT2D eigenvalue weighted by Crippen LogP contribution is -2.18. The summed E-state index contributed by atoms with van der Waals surface area (Å²) in [6.07, 6.45) is 0. The van der Waals surface area contributed by atoms with Gasteiger partial charge in [0.2, 0.25) is 0 Å². The van der Waals surface area contributed by atoms with Crippen LogP contribution in [0.2, 0.25) is 0 Å². The molecule has 0 spiro atoms. The van der Waals surface area contributed by atoms with Gasteiger partial charge >= 0.3 is 0 Å². The predicted molar refractivity (Wildman–Crippen MR) is 85.3 cm³/mol. The van der Waals surface area contributed by atoms with Gasteiger partial charge in [0.05, 0.1) is 0 Å². The minimum atomic E-state index is 0.355. The van der Waals surface area contributed by atoms with Gasteiger partial charge in [-0.3, -0.25) is 0 Å². The van der Waals surface area contributed by atoms with Crippen LogP contribution in [0.15, 0.2) is 46.9 Å². The lowest BCUT2D eigenvalue weighted by atomic mass is 10.0. The Labute approximate surface area is 124 Å². The minimum absolute atomic E-state index is 0.355. The van der Waals surface area contributed by atoms with Gasteiger partial charge in [-0.25, -0.2) is 0 Å². The highest BCUT2D eigenvalue weighted by molar-refractivity contribution is 9.10. The Morgan fingerprint density at radius 1 is 1.05 bits per heavy atom. The lowest BCUT2D eigenvalue weighted by molar-refractivity contribution is 0.573. The third-order valence-corrected chi connectivity index (χ3v) is 4.00. The van der Waals surface area contributed by atoms with Crippen LogP contribution in [-0.2, 0) is 6.54 Å². The van der Waals surface area contributed by atoms with E-state index in [9.17, 15) is 0 Å². The van der Waals surface area contributed by atoms with Crippen molar-refractivity contribution in [1.29, 1.82) is 0 Å². The molecule has 2 aromatic rings. The Bertz CT molecular complexity index is 546. The van der Waals surface area contributed by atoms with E-state index in [4.69, 9.17) is 0 Å². The third-order valence-electron chi connectivity index (χ3n) is 3.47. The molecule has 0 fully saturated rings. The number of benzene rings is 2. The number of nitrogens with one attached hydrogen (secondary N) is 1. The van der Waals surface area contributed by atoms with Crippen LogP contribution in [0, 0.1) is 13.8 Å². The molecule has 0 heterocycles. The van der Waals surface area contributed by atoms with E-state index in [2.05, 4.69) is 84.5 Å². The number of hydrogen-bond donors (Lipinski definition) is 1. The molecule has 2 heteroatoms. The van der Waals surface area contributed by atoms with E-state index in [1.54, 1.807) is 0 Å². The minimum Gasteiger partial charge on any atom is -0.306 e. The molecule has 0 aliphatic carbocycles. The van der Waals surface area contributed by atoms with Crippen LogP contribution < -0.4 is 5.32 Å². The first kappa shape index (κ1) is 14.3. The summed E-state index contributed by atoms with van der Waals surface area (Å²) in [5.41, 5.74) is 5.36. The van der Waals surface area contributed by atoms with E-state index in [0.29, 0.717) is 6.04 Å². The molecule has 2 aromatic carbocycles. The van der Waals surface area contributed by atoms with E-state index in [1.807, 2.05) is 0 Å². The monoisotopic (exact) mass is 317 g/mol. The molecule has 1 N–H and O–H groups in total. The van der Waals surface area contributed by atoms with Gasteiger partial charge in [-0.1, -0.05) is 51.8 Å². The van der Waals surface area contributed by atoms with Crippen molar-refractivity contribution in [3.63, 3.8) is 0 Å². The fourth-order valence-corrected chi connectivity index (χ4v) is 2.39. The zero-order valence-corrected chi connectivity index (χ0v) is 13.3. The molecular weight excluding hydrogens is 298 g/mol. The molecule has 0 bridgehead atoms. The molecule has 19 heavy (non-hydrogen) atoms. The van der Waals surface area contributed by atoms with E-state index in [1.165, 1.54) is 22.3 Å². The van der Waals surface area contributed by atoms with Crippen molar-refractivity contribution in [2.24, 2.45) is 0 Å². The second-order valence-electron chi connectivity index (χ2n) is 5.08. The smallest absolute Gasteiger partial charge is 0.0294 e. The third kappa shape index (κ3) is 3.92. The molecule has 1 atom stereocenters. The summed E-state index contributed by atoms with van der Waals surface area (Å²) < 4.78 is 1.12. The van der Waals surface area contributed by atoms with E-state index >= 15 is 0 Å². The number of rotatable bonds is 4. The number of hydrogen-bond acceptors (Lipinski definition) is 1. The Morgan fingerprint density at radius 2 is 1.74 bits per heavy atom. The van der Waals surface area contributed by atoms with Crippen molar-refractivity contribution in [3.8, 4) is 0 Å². The van der Waals surface area contributed by atoms with Crippen molar-refractivity contribution in [2.75, 3.05) is 0 Å². The summed E-state index contributed by atoms with van der Waals surface area (Å²) in [6, 6.07) is 15.5. The van der Waals surface area contributed by atoms with Gasteiger partial charge in [-0.15, -0.1) is 0 Å². The van der Waals surface area contributed by atoms with Crippen molar-refractivity contribution in [1.82, 2.24) is 5.32 Å². The standard InChI is InChI=1S/C17H20BrN/c1-12-4-5-13(2)16(10-12)11-19-14(3)15-6-8-17(18)9-7-15/h4-10,14,19H,11H2,1-3H3/t14-/m0/s1. The maximum absolute atomic E-state index is 3.59. The van der Waals surface area contributed by atoms with Crippen LogP contribution in [0.3, 0.4) is 0 Å². The second kappa shape index (κ2) is 6.36. The van der Waals surface area contributed by atoms with Crippen LogP contribution in [0.1, 0.15) is 35.2 Å². The summed E-state index contributed by atoms with van der Waals surface area (Å²) in [5.74, 6) is 0. The molecule has 0 saturated heterocycles. The largest absolute Gasteiger partial charge is 0.306 e. The molecule has 2 rings (SSSR count). The van der Waals surface area contributed by atoms with E-state index in [-0.39, 0.29) is 0 Å². The van der Waals surface area contributed by atoms with Gasteiger partial charge in [0, 0.05) is 17.1 Å². The van der Waals surface area contributed by atoms with Crippen LogP contribution in [0.25, 0.3) is 0 Å². The second-order valence-corrected chi connectivity index (χ2v) is 6.00. The molecule has 0 radical (unpaired) electrons. The first-order chi connectivity index (χ1) is 9.06. The summed E-state index contributed by atoms with van der Waals surface area (Å²) in [4.78, 5) is 0. The van der Waals surface area contributed by atoms with Gasteiger partial charge < -0.3 is 5.32 Å². The van der Waals surface area contributed by atoms with Crippen LogP contribution in [0.4, 0.5) is 0 Å². The SMILES string of the molecule is Cc1ccc(C)c(CN[C@@H](C)c2ccc(Br)cc2)c1. The van der Waals surface area contributed by atoms with Crippen molar-refractivity contribution < 1.29 is 0 Å². The zero-order valence-electron chi connectivity index (χ0n) is 11.7. The predicted octanol–water partition coefficient (Wildman–Crippen LogP) is 4.92. The molecule has 0 amide bonds. The Morgan fingerprint density at radius 3 is 2.42 bits per heavy atom. The van der Waals surface area contributed by atoms with Crippen molar-refractivity contribution in [3.05, 3.63) is 69.2 Å². The number of aryl methyl sites for hydroxylation is 2. The molecule has 0 unspecified atom stereocenters. The molecule has 100 valence electrons. The van der Waals surface area contributed by atoms with Gasteiger partial charge in [-0.2, -0.15) is 0 Å². The van der Waals surface area contributed by atoms with Gasteiger partial charge in [0.1, 0.15) is 0 Å². The Hall–Kier alpha value is -1.12. The van der Waals surface area contributed by atoms with Crippen LogP contribution in [0.5, 0.6) is 0 Å². The summed E-state index contributed by atoms with van der Waals surface area (Å²) >= 11 is 3.47. The molecule has 1 nitrogen and oxygen atoms in total. The fraction of sp³-hybridized carbons (Fsp3) is 0.294. The molecule has 0 aliphatic heterocycles. The van der Waals surface area contributed by atoms with Crippen molar-refractivity contribution in [2.45, 2.75) is 33.4 Å². The summed E-state index contributed by atoms with van der Waals surface area (Å²) in [5, 5.41) is 3.59. The average molecular weight is 318 g/mol. The molecule has 0 aliphatic rings. The first-order valence-electron chi connectivity index (χ1n) is 6.61. The molecular formula is C17H20BrN. The maximum atomic E-state index is 3.59. The van der Waals surface area contributed by atoms with Crippen LogP contribution >= 0.6 is 15.9 Å². The average Bonchev–Trinajstić information content (AvgIpc) is 2.40. The highest BCUT2D eigenvalue weighted by Crippen LogP contribution is 2.18. The molecule has 0 saturated carbocycles. The highest BCUT2D eigenvalue weighted by atomic mass is 79.9. The van der Waals surface area contributed by atoms with Crippen LogP contribution in [-0.4, -0.2) is 0 Å².